The molecule has 1 rings (SSSR count). The van der Waals surface area contributed by atoms with Crippen LogP contribution in [-0.4, -0.2) is 10.4 Å². The molecular weight excluding hydrogens is 206 g/mol. The molecule has 1 aromatic rings. The van der Waals surface area contributed by atoms with E-state index in [0.29, 0.717) is 12.4 Å². The Bertz CT molecular complexity index is 364. The van der Waals surface area contributed by atoms with Gasteiger partial charge in [-0.3, -0.25) is 9.36 Å². The maximum atomic E-state index is 11.4. The number of hydrogen-bond donors (Lipinski definition) is 0. The lowest BCUT2D eigenvalue weighted by Crippen LogP contribution is -2.13. The molecule has 1 heterocycles. The smallest absolute Gasteiger partial charge is 0.299 e. The summed E-state index contributed by atoms with van der Waals surface area (Å²) in [7, 11) is 0. The summed E-state index contributed by atoms with van der Waals surface area (Å²) < 4.78 is 1.75. The number of allylic oxidation sites excluding steroid dienone is 2. The van der Waals surface area contributed by atoms with Crippen molar-refractivity contribution >= 4 is 22.9 Å². The topological polar surface area (TPSA) is 22.0 Å². The predicted molar refractivity (Wildman–Crippen MR) is 57.9 cm³/mol. The highest BCUT2D eigenvalue weighted by Crippen LogP contribution is 2.08. The van der Waals surface area contributed by atoms with E-state index >= 15 is 0 Å². The van der Waals surface area contributed by atoms with Crippen LogP contribution in [0, 0.1) is 13.8 Å². The number of halogens is 1. The molecule has 1 aromatic heterocycles. The van der Waals surface area contributed by atoms with Gasteiger partial charge in [0.1, 0.15) is 0 Å². The van der Waals surface area contributed by atoms with E-state index in [1.807, 2.05) is 26.0 Å². The van der Waals surface area contributed by atoms with Gasteiger partial charge in [-0.25, -0.2) is 0 Å². The van der Waals surface area contributed by atoms with Crippen LogP contribution in [-0.2, 0) is 6.54 Å². The summed E-state index contributed by atoms with van der Waals surface area (Å²) in [5.74, 6) is 0.497. The van der Waals surface area contributed by atoms with E-state index < -0.39 is 0 Å². The second-order valence-electron chi connectivity index (χ2n) is 2.75. The highest BCUT2D eigenvalue weighted by atomic mass is 35.5. The van der Waals surface area contributed by atoms with Crippen molar-refractivity contribution in [2.45, 2.75) is 20.4 Å². The third-order valence-electron chi connectivity index (χ3n) is 1.92. The fourth-order valence-electron chi connectivity index (χ4n) is 1.04. The summed E-state index contributed by atoms with van der Waals surface area (Å²) in [4.78, 5) is 12.6. The Labute approximate surface area is 86.5 Å². The van der Waals surface area contributed by atoms with Crippen molar-refractivity contribution in [3.8, 4) is 0 Å². The molecule has 0 radical (unpaired) electrons. The molecular formula is C9H12ClNOS. The first kappa shape index (κ1) is 10.5. The molecule has 72 valence electrons. The third-order valence-corrected chi connectivity index (χ3v) is 3.09. The van der Waals surface area contributed by atoms with Gasteiger partial charge in [0, 0.05) is 23.0 Å². The summed E-state index contributed by atoms with van der Waals surface area (Å²) >= 11 is 6.78. The van der Waals surface area contributed by atoms with Crippen LogP contribution in [0.2, 0.25) is 0 Å². The molecule has 13 heavy (non-hydrogen) atoms. The van der Waals surface area contributed by atoms with Gasteiger partial charge in [-0.15, -0.1) is 11.6 Å². The number of aryl methyl sites for hydroxylation is 1. The summed E-state index contributed by atoms with van der Waals surface area (Å²) in [6.07, 6.45) is 3.76. The van der Waals surface area contributed by atoms with E-state index in [1.54, 1.807) is 4.57 Å². The van der Waals surface area contributed by atoms with Gasteiger partial charge in [0.15, 0.2) is 0 Å². The highest BCUT2D eigenvalue weighted by molar-refractivity contribution is 7.09. The van der Waals surface area contributed by atoms with Crippen LogP contribution in [0.5, 0.6) is 0 Å². The molecule has 0 N–H and O–H groups in total. The molecule has 0 amide bonds. The van der Waals surface area contributed by atoms with Gasteiger partial charge < -0.3 is 0 Å². The second-order valence-corrected chi connectivity index (χ2v) is 4.22. The Morgan fingerprint density at radius 1 is 1.46 bits per heavy atom. The molecule has 2 nitrogen and oxygen atoms in total. The molecule has 0 atom stereocenters. The number of nitrogens with zero attached hydrogens (tertiary/aromatic N) is 1. The van der Waals surface area contributed by atoms with Crippen molar-refractivity contribution in [3.63, 3.8) is 0 Å². The lowest BCUT2D eigenvalue weighted by Gasteiger charge is -1.99. The quantitative estimate of drug-likeness (QED) is 0.563. The molecule has 0 unspecified atom stereocenters. The lowest BCUT2D eigenvalue weighted by atomic mass is 10.4. The maximum absolute atomic E-state index is 11.4. The first-order chi connectivity index (χ1) is 6.16. The predicted octanol–water partition coefficient (Wildman–Crippen LogP) is 2.32. The number of thiazole rings is 1. The van der Waals surface area contributed by atoms with E-state index in [1.165, 1.54) is 11.3 Å². The van der Waals surface area contributed by atoms with E-state index in [4.69, 9.17) is 11.6 Å². The van der Waals surface area contributed by atoms with Crippen LogP contribution in [0.15, 0.2) is 16.9 Å². The number of hydrogen-bond acceptors (Lipinski definition) is 2. The standard InChI is InChI=1S/C9H12ClNOS/c1-7-8(2)13-9(12)11(7)6-4-3-5-10/h3-4H,5-6H2,1-2H3/b4-3+. The number of aromatic nitrogens is 1. The van der Waals surface area contributed by atoms with Crippen molar-refractivity contribution < 1.29 is 0 Å². The van der Waals surface area contributed by atoms with Crippen LogP contribution in [0.3, 0.4) is 0 Å². The van der Waals surface area contributed by atoms with Crippen molar-refractivity contribution in [1.82, 2.24) is 4.57 Å². The molecule has 4 heteroatoms. The monoisotopic (exact) mass is 217 g/mol. The molecule has 0 aromatic carbocycles. The van der Waals surface area contributed by atoms with Crippen LogP contribution >= 0.6 is 22.9 Å². The lowest BCUT2D eigenvalue weighted by molar-refractivity contribution is 0.769. The third kappa shape index (κ3) is 2.45. The zero-order valence-corrected chi connectivity index (χ0v) is 9.28. The van der Waals surface area contributed by atoms with Crippen LogP contribution in [0.25, 0.3) is 0 Å². The van der Waals surface area contributed by atoms with Gasteiger partial charge in [-0.05, 0) is 13.8 Å². The molecule has 0 bridgehead atoms. The van der Waals surface area contributed by atoms with Gasteiger partial charge in [0.05, 0.1) is 0 Å². The Morgan fingerprint density at radius 3 is 2.62 bits per heavy atom. The van der Waals surface area contributed by atoms with Crippen molar-refractivity contribution in [2.75, 3.05) is 5.88 Å². The zero-order chi connectivity index (χ0) is 9.84. The number of alkyl halides is 1. The average Bonchev–Trinajstić information content (AvgIpc) is 2.32. The van der Waals surface area contributed by atoms with Gasteiger partial charge in [0.2, 0.25) is 0 Å². The average molecular weight is 218 g/mol. The Balaban J connectivity index is 2.88. The van der Waals surface area contributed by atoms with Gasteiger partial charge in [-0.1, -0.05) is 23.5 Å². The van der Waals surface area contributed by atoms with Gasteiger partial charge >= 0.3 is 4.87 Å². The molecule has 0 saturated heterocycles. The van der Waals surface area contributed by atoms with Gasteiger partial charge in [-0.2, -0.15) is 0 Å². The Kier molecular flexibility index (Phi) is 3.75. The van der Waals surface area contributed by atoms with E-state index in [2.05, 4.69) is 0 Å². The van der Waals surface area contributed by atoms with Gasteiger partial charge in [0.25, 0.3) is 0 Å². The minimum Gasteiger partial charge on any atom is -0.299 e. The number of rotatable bonds is 3. The molecule has 0 aliphatic heterocycles. The molecule has 0 fully saturated rings. The van der Waals surface area contributed by atoms with E-state index in [0.717, 1.165) is 10.6 Å². The van der Waals surface area contributed by atoms with Crippen molar-refractivity contribution in [2.24, 2.45) is 0 Å². The molecule has 0 aliphatic carbocycles. The summed E-state index contributed by atoms with van der Waals surface area (Å²) in [5, 5.41) is 0. The normalized spacial score (nSPS) is 11.3. The SMILES string of the molecule is Cc1sc(=O)n(C/C=C/CCl)c1C. The minimum absolute atomic E-state index is 0.106. The molecule has 0 spiro atoms. The fraction of sp³-hybridized carbons (Fsp3) is 0.444. The molecule has 0 saturated carbocycles. The summed E-state index contributed by atoms with van der Waals surface area (Å²) in [6, 6.07) is 0. The highest BCUT2D eigenvalue weighted by Gasteiger charge is 2.04. The first-order valence-corrected chi connectivity index (χ1v) is 5.39. The molecule has 0 aliphatic rings. The van der Waals surface area contributed by atoms with Crippen LogP contribution in [0.4, 0.5) is 0 Å². The summed E-state index contributed by atoms with van der Waals surface area (Å²) in [6.45, 7) is 4.55. The van der Waals surface area contributed by atoms with E-state index in [-0.39, 0.29) is 4.87 Å². The fourth-order valence-corrected chi connectivity index (χ4v) is 2.01. The van der Waals surface area contributed by atoms with Crippen molar-refractivity contribution in [3.05, 3.63) is 32.4 Å². The Hall–Kier alpha value is -0.540. The van der Waals surface area contributed by atoms with Crippen LogP contribution in [0.1, 0.15) is 10.6 Å². The largest absolute Gasteiger partial charge is 0.307 e. The Morgan fingerprint density at radius 2 is 2.15 bits per heavy atom. The second kappa shape index (κ2) is 4.63. The van der Waals surface area contributed by atoms with Crippen LogP contribution < -0.4 is 4.87 Å². The first-order valence-electron chi connectivity index (χ1n) is 4.04. The zero-order valence-electron chi connectivity index (χ0n) is 7.71. The summed E-state index contributed by atoms with van der Waals surface area (Å²) in [5.41, 5.74) is 1.05. The minimum atomic E-state index is 0.106. The van der Waals surface area contributed by atoms with E-state index in [9.17, 15) is 4.79 Å². The van der Waals surface area contributed by atoms with Crippen molar-refractivity contribution in [1.29, 1.82) is 0 Å². The maximum Gasteiger partial charge on any atom is 0.307 e.